The van der Waals surface area contributed by atoms with Crippen LogP contribution in [0.1, 0.15) is 45.9 Å². The van der Waals surface area contributed by atoms with Gasteiger partial charge in [0.25, 0.3) is 40.8 Å². The summed E-state index contributed by atoms with van der Waals surface area (Å²) in [5.74, 6) is 1.81. The number of aliphatic imine (C=N–C) groups is 7. The number of nitrogens with two attached hydrogens (primary N) is 14. The average Bonchev–Trinajstić information content (AvgIpc) is 0.843. The van der Waals surface area contributed by atoms with E-state index in [0.29, 0.717) is 65.0 Å². The third-order valence-electron chi connectivity index (χ3n) is 11.8. The maximum atomic E-state index is 9.69. The van der Waals surface area contributed by atoms with Crippen molar-refractivity contribution in [1.82, 2.24) is 0 Å². The van der Waals surface area contributed by atoms with Crippen LogP contribution in [0.3, 0.4) is 0 Å². The summed E-state index contributed by atoms with van der Waals surface area (Å²) in [5, 5.41) is 130. The Morgan fingerprint density at radius 1 is 0.314 bits per heavy atom. The first-order valence-electron chi connectivity index (χ1n) is 30.5. The molecule has 0 heterocycles. The van der Waals surface area contributed by atoms with Gasteiger partial charge >= 0.3 is 0 Å². The minimum Gasteiger partial charge on any atom is -0.508 e. The molecule has 0 aliphatic rings. The average molecular weight is 1460 g/mol. The van der Waals surface area contributed by atoms with Crippen molar-refractivity contribution in [2.45, 2.75) is 6.92 Å². The van der Waals surface area contributed by atoms with Crippen LogP contribution in [0, 0.1) is 0 Å². The molecule has 0 radical (unpaired) electrons. The fourth-order valence-electron chi connectivity index (χ4n) is 7.15. The number of ether oxygens (including phenoxy) is 5. The summed E-state index contributed by atoms with van der Waals surface area (Å²) >= 11 is 0. The molecule has 0 atom stereocenters. The second-order valence-corrected chi connectivity index (χ2v) is 20.8. The van der Waals surface area contributed by atoms with E-state index in [1.807, 2.05) is 37.3 Å². The standard InChI is InChI=1S/C11H15N3O3.C11H15N3O.C10H13N3O3.C10H13N3O2.C9H11N3O3.C9H11N3O2.C9H11N3O/c1-16-8-3-7(5-14-6-10(12)13)4-9(17-2)11(8)15;1-2-15-10-5-3-9(4-6-10)7-14-8-11(12)13;1-16-8-3-6(2-7(14)10(8)15)4-13-5-9(11)12;1-15-8-3-2-7(9(14)4-8)5-13-6-10(11)12;10-8(11)4-12-3-5-1-6(13)9(15)7(14)2-5;10-8(11)5-12-4-6-2-1-3-7(13)9(6)14;10-9(11)6-12-5-7-2-1-3-8(13)4-7/h3-5,15H,6H2,1-2H3,(H3,12,13);3-7H,2,8H2,1H3,(H3,12,13);2-4,14-15H,5H2,1H3,(H3,11,12);2-5,14H,6H2,1H3,(H3,11,12);1-3,13-15H,4H2,(H3,10,11);1-4,13-14H,5H2,(H3,10,11);1-5,13H,6H2,(H3,10,11)/p+7. The molecule has 36 heteroatoms. The molecule has 0 bridgehead atoms. The predicted molar refractivity (Wildman–Crippen MR) is 404 cm³/mol. The molecule has 38 N–H and O–H groups in total. The van der Waals surface area contributed by atoms with Crippen LogP contribution in [0.4, 0.5) is 0 Å². The first-order chi connectivity index (χ1) is 49.8. The van der Waals surface area contributed by atoms with Crippen LogP contribution in [0.25, 0.3) is 0 Å². The molecule has 0 aliphatic heterocycles. The van der Waals surface area contributed by atoms with Gasteiger partial charge in [-0.15, -0.1) is 0 Å². The summed E-state index contributed by atoms with van der Waals surface area (Å²) in [6.07, 6.45) is 10.7. The van der Waals surface area contributed by atoms with Crippen LogP contribution in [0.5, 0.6) is 86.2 Å². The first-order valence-corrected chi connectivity index (χ1v) is 30.5. The highest BCUT2D eigenvalue weighted by Gasteiger charge is 2.12. The van der Waals surface area contributed by atoms with Gasteiger partial charge in [0.2, 0.25) is 11.5 Å². The van der Waals surface area contributed by atoms with Gasteiger partial charge in [-0.25, -0.2) is 0 Å². The Labute approximate surface area is 604 Å². The number of nitrogens with zero attached hydrogens (tertiary/aromatic N) is 7. The topological polar surface area (TPSA) is 696 Å². The van der Waals surface area contributed by atoms with Gasteiger partial charge in [-0.3, -0.25) is 113 Å². The highest BCUT2D eigenvalue weighted by molar-refractivity contribution is 5.90. The quantitative estimate of drug-likeness (QED) is 0.0129. The normalized spacial score (nSPS) is 10.5. The van der Waals surface area contributed by atoms with E-state index in [4.69, 9.17) is 127 Å². The van der Waals surface area contributed by atoms with Crippen molar-refractivity contribution in [2.75, 3.05) is 80.9 Å². The highest BCUT2D eigenvalue weighted by Crippen LogP contribution is 2.38. The summed E-state index contributed by atoms with van der Waals surface area (Å²) in [6, 6.07) is 32.7. The van der Waals surface area contributed by atoms with Crippen LogP contribution in [0.15, 0.2) is 156 Å². The molecule has 0 amide bonds. The van der Waals surface area contributed by atoms with Crippen molar-refractivity contribution < 1.29 is 113 Å². The van der Waals surface area contributed by atoms with E-state index in [1.54, 1.807) is 73.2 Å². The third-order valence-corrected chi connectivity index (χ3v) is 11.8. The summed E-state index contributed by atoms with van der Waals surface area (Å²) in [5.41, 5.74) is 41.2. The molecular weight excluding hydrogens is 1360 g/mol. The zero-order chi connectivity index (χ0) is 79.0. The maximum Gasteiger partial charge on any atom is 0.260 e. The Morgan fingerprint density at radius 3 is 1.06 bits per heavy atom. The van der Waals surface area contributed by atoms with E-state index >= 15 is 0 Å². The molecule has 0 aliphatic carbocycles. The highest BCUT2D eigenvalue weighted by atomic mass is 16.5. The number of methoxy groups -OCH3 is 4. The van der Waals surface area contributed by atoms with Gasteiger partial charge in [0, 0.05) is 60.7 Å². The van der Waals surface area contributed by atoms with E-state index in [-0.39, 0.29) is 114 Å². The lowest BCUT2D eigenvalue weighted by atomic mass is 10.2. The van der Waals surface area contributed by atoms with Crippen molar-refractivity contribution in [3.63, 3.8) is 0 Å². The van der Waals surface area contributed by atoms with E-state index in [0.717, 1.165) is 22.4 Å². The van der Waals surface area contributed by atoms with Gasteiger partial charge < -0.3 is 74.7 Å². The number of aromatic hydroxyl groups is 10. The molecule has 105 heavy (non-hydrogen) atoms. The molecule has 0 unspecified atom stereocenters. The Balaban J connectivity index is 0.000000613. The zero-order valence-corrected chi connectivity index (χ0v) is 58.5. The van der Waals surface area contributed by atoms with E-state index in [2.05, 4.69) is 34.9 Å². The number of benzene rings is 7. The molecule has 7 rings (SSSR count). The number of para-hydroxylation sites is 1. The molecule has 0 saturated heterocycles. The molecule has 0 fully saturated rings. The lowest BCUT2D eigenvalue weighted by molar-refractivity contribution is -0.117. The molecule has 7 aromatic rings. The number of phenols is 10. The number of phenolic OH excluding ortho intramolecular Hbond substituents is 10. The Kier molecular flexibility index (Phi) is 41.4. The second kappa shape index (κ2) is 49.1. The van der Waals surface area contributed by atoms with Crippen LogP contribution < -0.4 is 102 Å². The van der Waals surface area contributed by atoms with Gasteiger partial charge in [0.05, 0.1) is 35.0 Å². The van der Waals surface area contributed by atoms with Crippen LogP contribution in [-0.2, 0) is 0 Å². The summed E-state index contributed by atoms with van der Waals surface area (Å²) in [4.78, 5) is 27.6. The Morgan fingerprint density at radius 2 is 0.667 bits per heavy atom. The maximum absolute atomic E-state index is 9.69. The summed E-state index contributed by atoms with van der Waals surface area (Å²) < 4.78 is 25.1. The smallest absolute Gasteiger partial charge is 0.260 e. The summed E-state index contributed by atoms with van der Waals surface area (Å²) in [7, 11) is 5.84. The van der Waals surface area contributed by atoms with Crippen molar-refractivity contribution in [2.24, 2.45) is 75.1 Å². The van der Waals surface area contributed by atoms with E-state index in [1.165, 1.54) is 89.7 Å². The fourth-order valence-corrected chi connectivity index (χ4v) is 7.15. The third kappa shape index (κ3) is 38.5. The van der Waals surface area contributed by atoms with Crippen LogP contribution in [0.2, 0.25) is 0 Å². The van der Waals surface area contributed by atoms with Gasteiger partial charge in [0.15, 0.2) is 51.7 Å². The lowest BCUT2D eigenvalue weighted by Crippen LogP contribution is -2.47. The minimum absolute atomic E-state index is 0.0444. The second-order valence-electron chi connectivity index (χ2n) is 20.8. The van der Waals surface area contributed by atoms with Crippen molar-refractivity contribution in [3.05, 3.63) is 160 Å². The van der Waals surface area contributed by atoms with Crippen molar-refractivity contribution in [1.29, 1.82) is 0 Å². The Bertz CT molecular complexity index is 4170. The molecule has 36 nitrogen and oxygen atoms in total. The van der Waals surface area contributed by atoms with Crippen molar-refractivity contribution >= 4 is 84.4 Å². The molecule has 0 aromatic heterocycles. The van der Waals surface area contributed by atoms with Crippen LogP contribution in [-0.4, -0.2) is 216 Å². The predicted octanol–water partition coefficient (Wildman–Crippen LogP) is -7.96. The van der Waals surface area contributed by atoms with Gasteiger partial charge in [-0.2, -0.15) is 0 Å². The molecule has 560 valence electrons. The monoisotopic (exact) mass is 1460 g/mol. The summed E-state index contributed by atoms with van der Waals surface area (Å²) in [6.45, 7) is 4.31. The minimum atomic E-state index is -0.558. The van der Waals surface area contributed by atoms with Gasteiger partial charge in [0.1, 0.15) is 68.8 Å². The zero-order valence-electron chi connectivity index (χ0n) is 58.5. The Hall–Kier alpha value is -14.5. The van der Waals surface area contributed by atoms with Crippen molar-refractivity contribution in [3.8, 4) is 86.2 Å². The number of amidine groups is 7. The number of hydrogen-bond acceptors (Lipinski definition) is 22. The van der Waals surface area contributed by atoms with E-state index < -0.39 is 17.2 Å². The number of hydrogen-bond donors (Lipinski definition) is 24. The van der Waals surface area contributed by atoms with Gasteiger partial charge in [-0.05, 0) is 132 Å². The molecule has 0 spiro atoms. The largest absolute Gasteiger partial charge is 0.508 e. The molecule has 0 saturated carbocycles. The lowest BCUT2D eigenvalue weighted by Gasteiger charge is -2.09. The SMILES string of the molecule is CCOc1ccc(C=NCC(N)=[NH2+])cc1.COc1cc(C=NCC(N)=[NH2+])cc(O)c1O.COc1cc(C=NCC(N)=[NH2+])cc(OC)c1O.COc1ccc(C=NCC(N)=[NH2+])c(O)c1.NC(=[NH2+])CN=Cc1cc(O)c(O)c(O)c1.NC(=[NH2+])CN=Cc1cccc(O)c1.NC(=[NH2+])CN=Cc1cccc(O)c1O. The van der Waals surface area contributed by atoms with Crippen LogP contribution >= 0.6 is 0 Å². The fraction of sp³-hybridized carbons (Fsp3) is 0.188. The number of rotatable bonds is 27. The first kappa shape index (κ1) is 88.5. The van der Waals surface area contributed by atoms with Gasteiger partial charge in [-0.1, -0.05) is 18.2 Å². The molecule has 7 aromatic carbocycles. The van der Waals surface area contributed by atoms with E-state index in [9.17, 15) is 25.5 Å². The molecular formula is C69H96N21O15+7.